The minimum Gasteiger partial charge on any atom is -0.477 e. The van der Waals surface area contributed by atoms with Crippen molar-refractivity contribution in [3.8, 4) is 0 Å². The Balaban J connectivity index is 3.08. The molecule has 2 nitrogen and oxygen atoms in total. The van der Waals surface area contributed by atoms with Gasteiger partial charge in [0.15, 0.2) is 0 Å². The molecule has 69 valence electrons. The number of carbonyl (C=O) groups is 1. The molecule has 0 heterocycles. The summed E-state index contributed by atoms with van der Waals surface area (Å²) in [5, 5.41) is 8.20. The molecule has 0 amide bonds. The molecule has 1 rings (SSSR count). The van der Waals surface area contributed by atoms with Crippen molar-refractivity contribution in [2.75, 3.05) is 0 Å². The van der Waals surface area contributed by atoms with Crippen LogP contribution in [0.5, 0.6) is 0 Å². The summed E-state index contributed by atoms with van der Waals surface area (Å²) in [6.07, 6.45) is 0. The number of halogens is 2. The van der Waals surface area contributed by atoms with Crippen LogP contribution < -0.4 is 0 Å². The van der Waals surface area contributed by atoms with Crippen LogP contribution in [-0.2, 0) is 10.7 Å². The summed E-state index contributed by atoms with van der Waals surface area (Å²) in [4.78, 5) is 10.1. The van der Waals surface area contributed by atoms with Crippen LogP contribution >= 0.6 is 0 Å². The molecule has 0 bridgehead atoms. The second-order valence-electron chi connectivity index (χ2n) is 2.58. The Morgan fingerprint density at radius 3 is 2.15 bits per heavy atom. The van der Waals surface area contributed by atoms with E-state index in [1.165, 1.54) is 12.1 Å². The lowest BCUT2D eigenvalue weighted by molar-refractivity contribution is -0.166. The van der Waals surface area contributed by atoms with Crippen LogP contribution in [0, 0.1) is 6.92 Å². The molecular weight excluding hydrogens is 178 g/mol. The summed E-state index contributed by atoms with van der Waals surface area (Å²) in [7, 11) is 0. The zero-order valence-corrected chi connectivity index (χ0v) is 6.63. The molecule has 0 saturated carbocycles. The zero-order chi connectivity index (χ0) is 10.1. The molecular formula is C9H7F2O2. The fourth-order valence-corrected chi connectivity index (χ4v) is 0.838. The Morgan fingerprint density at radius 1 is 1.31 bits per heavy atom. The molecule has 1 aromatic rings. The van der Waals surface area contributed by atoms with Crippen molar-refractivity contribution in [3.05, 3.63) is 42.3 Å². The van der Waals surface area contributed by atoms with E-state index in [1.807, 2.05) is 0 Å². The fourth-order valence-electron chi connectivity index (χ4n) is 0.838. The van der Waals surface area contributed by atoms with Crippen LogP contribution in [0.25, 0.3) is 0 Å². The molecule has 0 unspecified atom stereocenters. The summed E-state index contributed by atoms with van der Waals surface area (Å²) >= 11 is 0. The first-order valence-electron chi connectivity index (χ1n) is 3.48. The molecule has 0 fully saturated rings. The minimum atomic E-state index is -3.83. The van der Waals surface area contributed by atoms with Gasteiger partial charge in [0.25, 0.3) is 0 Å². The highest BCUT2D eigenvalue weighted by Gasteiger charge is 2.40. The largest absolute Gasteiger partial charge is 0.477 e. The summed E-state index contributed by atoms with van der Waals surface area (Å²) in [5.74, 6) is -5.97. The number of benzene rings is 1. The first-order chi connectivity index (χ1) is 5.94. The highest BCUT2D eigenvalue weighted by molar-refractivity contribution is 5.77. The summed E-state index contributed by atoms with van der Waals surface area (Å²) in [6, 6.07) is 4.78. The standard InChI is InChI=1S/C9H7F2O2/c1-6-2-4-7(5-3-6)9(10,11)8(12)13/h2-5H,1H2,(H,12,13). The summed E-state index contributed by atoms with van der Waals surface area (Å²) in [6.45, 7) is 3.50. The molecule has 0 spiro atoms. The first-order valence-corrected chi connectivity index (χ1v) is 3.48. The van der Waals surface area contributed by atoms with Gasteiger partial charge in [0.05, 0.1) is 0 Å². The predicted molar refractivity (Wildman–Crippen MR) is 42.4 cm³/mol. The maximum atomic E-state index is 12.8. The number of hydrogen-bond donors (Lipinski definition) is 1. The zero-order valence-electron chi connectivity index (χ0n) is 6.63. The average Bonchev–Trinajstić information content (AvgIpc) is 2.04. The van der Waals surface area contributed by atoms with Crippen molar-refractivity contribution in [1.82, 2.24) is 0 Å². The number of aliphatic carboxylic acids is 1. The van der Waals surface area contributed by atoms with Gasteiger partial charge in [-0.2, -0.15) is 8.78 Å². The first kappa shape index (κ1) is 9.64. The fraction of sp³-hybridized carbons (Fsp3) is 0.111. The lowest BCUT2D eigenvalue weighted by atomic mass is 10.1. The van der Waals surface area contributed by atoms with Crippen LogP contribution in [-0.4, -0.2) is 11.1 Å². The second-order valence-corrected chi connectivity index (χ2v) is 2.58. The molecule has 0 saturated heterocycles. The third-order valence-corrected chi connectivity index (χ3v) is 1.59. The number of rotatable bonds is 2. The van der Waals surface area contributed by atoms with Crippen LogP contribution in [0.1, 0.15) is 11.1 Å². The molecule has 0 aliphatic heterocycles. The van der Waals surface area contributed by atoms with Gasteiger partial charge < -0.3 is 5.11 Å². The van der Waals surface area contributed by atoms with Crippen LogP contribution in [0.2, 0.25) is 0 Å². The summed E-state index contributed by atoms with van der Waals surface area (Å²) < 4.78 is 25.6. The maximum Gasteiger partial charge on any atom is 0.379 e. The van der Waals surface area contributed by atoms with Gasteiger partial charge >= 0.3 is 11.9 Å². The van der Waals surface area contributed by atoms with Gasteiger partial charge in [-0.15, -0.1) is 0 Å². The van der Waals surface area contributed by atoms with Crippen LogP contribution in [0.3, 0.4) is 0 Å². The lowest BCUT2D eigenvalue weighted by Gasteiger charge is -2.10. The molecule has 1 aromatic carbocycles. The third kappa shape index (κ3) is 1.83. The van der Waals surface area contributed by atoms with E-state index in [0.717, 1.165) is 12.1 Å². The number of alkyl halides is 2. The molecule has 13 heavy (non-hydrogen) atoms. The summed E-state index contributed by atoms with van der Waals surface area (Å²) in [5.41, 5.74) is 0.0253. The lowest BCUT2D eigenvalue weighted by Crippen LogP contribution is -2.25. The number of hydrogen-bond acceptors (Lipinski definition) is 1. The van der Waals surface area contributed by atoms with E-state index in [1.54, 1.807) is 0 Å². The monoisotopic (exact) mass is 185 g/mol. The molecule has 0 aromatic heterocycles. The van der Waals surface area contributed by atoms with Crippen molar-refractivity contribution in [3.63, 3.8) is 0 Å². The highest BCUT2D eigenvalue weighted by atomic mass is 19.3. The minimum absolute atomic E-state index is 0.535. The smallest absolute Gasteiger partial charge is 0.379 e. The molecule has 0 aliphatic rings. The van der Waals surface area contributed by atoms with Gasteiger partial charge in [-0.3, -0.25) is 0 Å². The number of carboxylic acid groups (broad SMARTS) is 1. The topological polar surface area (TPSA) is 37.3 Å². The van der Waals surface area contributed by atoms with Gasteiger partial charge in [0, 0.05) is 5.56 Å². The maximum absolute atomic E-state index is 12.8. The number of carboxylic acids is 1. The van der Waals surface area contributed by atoms with E-state index in [9.17, 15) is 13.6 Å². The van der Waals surface area contributed by atoms with E-state index in [2.05, 4.69) is 6.92 Å². The van der Waals surface area contributed by atoms with Gasteiger partial charge in [-0.25, -0.2) is 4.79 Å². The SMILES string of the molecule is [CH2]c1ccc(C(F)(F)C(=O)O)cc1. The Labute approximate surface area is 73.8 Å². The van der Waals surface area contributed by atoms with E-state index in [-0.39, 0.29) is 0 Å². The van der Waals surface area contributed by atoms with E-state index in [0.29, 0.717) is 5.56 Å². The second kappa shape index (κ2) is 3.12. The van der Waals surface area contributed by atoms with Crippen molar-refractivity contribution in [2.24, 2.45) is 0 Å². The Morgan fingerprint density at radius 2 is 1.77 bits per heavy atom. The predicted octanol–water partition coefficient (Wildman–Crippen LogP) is 2.05. The van der Waals surface area contributed by atoms with Gasteiger partial charge in [0.1, 0.15) is 0 Å². The van der Waals surface area contributed by atoms with Crippen molar-refractivity contribution in [2.45, 2.75) is 5.92 Å². The van der Waals surface area contributed by atoms with Crippen molar-refractivity contribution >= 4 is 5.97 Å². The van der Waals surface area contributed by atoms with Crippen LogP contribution in [0.15, 0.2) is 24.3 Å². The normalized spacial score (nSPS) is 11.3. The molecule has 1 N–H and O–H groups in total. The molecule has 0 atom stereocenters. The Hall–Kier alpha value is -1.45. The van der Waals surface area contributed by atoms with Gasteiger partial charge in [-0.1, -0.05) is 24.3 Å². The van der Waals surface area contributed by atoms with Crippen molar-refractivity contribution < 1.29 is 18.7 Å². The molecule has 4 heteroatoms. The Kier molecular flexibility index (Phi) is 2.32. The molecule has 0 aliphatic carbocycles. The van der Waals surface area contributed by atoms with Gasteiger partial charge in [-0.05, 0) is 12.5 Å². The molecule has 1 radical (unpaired) electrons. The average molecular weight is 185 g/mol. The quantitative estimate of drug-likeness (QED) is 0.765. The van der Waals surface area contributed by atoms with E-state index < -0.39 is 17.5 Å². The van der Waals surface area contributed by atoms with Crippen molar-refractivity contribution in [1.29, 1.82) is 0 Å². The third-order valence-electron chi connectivity index (χ3n) is 1.59. The van der Waals surface area contributed by atoms with Gasteiger partial charge in [0.2, 0.25) is 0 Å². The Bertz CT molecular complexity index is 317. The van der Waals surface area contributed by atoms with Crippen LogP contribution in [0.4, 0.5) is 8.78 Å². The van der Waals surface area contributed by atoms with E-state index in [4.69, 9.17) is 5.11 Å². The highest BCUT2D eigenvalue weighted by Crippen LogP contribution is 2.27. The van der Waals surface area contributed by atoms with E-state index >= 15 is 0 Å².